The van der Waals surface area contributed by atoms with Gasteiger partial charge in [-0.2, -0.15) is 0 Å². The Kier molecular flexibility index (Phi) is 6.73. The number of benzene rings is 1. The first-order valence-electron chi connectivity index (χ1n) is 12.5. The molecule has 0 unspecified atom stereocenters. The molecule has 7 heteroatoms. The maximum atomic E-state index is 13.6. The first-order valence-corrected chi connectivity index (χ1v) is 12.5. The summed E-state index contributed by atoms with van der Waals surface area (Å²) in [6.45, 7) is 14.6. The number of para-hydroxylation sites is 1. The molecule has 34 heavy (non-hydrogen) atoms. The number of rotatable bonds is 4. The van der Waals surface area contributed by atoms with Crippen LogP contribution in [0.15, 0.2) is 24.3 Å². The van der Waals surface area contributed by atoms with E-state index >= 15 is 0 Å². The Hall–Kier alpha value is -2.12. The van der Waals surface area contributed by atoms with Crippen LogP contribution in [0, 0.1) is 11.8 Å². The fourth-order valence-corrected chi connectivity index (χ4v) is 5.88. The lowest BCUT2D eigenvalue weighted by Crippen LogP contribution is -2.60. The molecule has 3 aliphatic heterocycles. The van der Waals surface area contributed by atoms with Gasteiger partial charge in [-0.15, -0.1) is 0 Å². The molecule has 3 aliphatic rings. The summed E-state index contributed by atoms with van der Waals surface area (Å²) in [4.78, 5) is 27.4. The van der Waals surface area contributed by atoms with Crippen LogP contribution in [0.2, 0.25) is 0 Å². The number of amides is 2. The molecule has 0 aliphatic carbocycles. The van der Waals surface area contributed by atoms with Crippen LogP contribution in [0.1, 0.15) is 73.0 Å². The average molecular weight is 473 g/mol. The number of nitrogens with zero attached hydrogens (tertiary/aromatic N) is 1. The van der Waals surface area contributed by atoms with Crippen molar-refractivity contribution in [2.75, 3.05) is 13.1 Å². The molecule has 0 bridgehead atoms. The van der Waals surface area contributed by atoms with Crippen molar-refractivity contribution in [3.63, 3.8) is 0 Å². The zero-order valence-corrected chi connectivity index (χ0v) is 21.6. The quantitative estimate of drug-likeness (QED) is 0.720. The molecule has 0 saturated carbocycles. The molecule has 1 aromatic carbocycles. The Bertz CT molecular complexity index is 924. The standard InChI is InChI=1S/C27H40N2O5/c1-16(33-26(3,4)5)23(28-17(2)30)25(31)29-13-12-21-18(15-29)14-20-24(32-21)19-10-8-9-11-22(19)34-27(20,6)7/h8-11,16,18,20-21,23-24H,12-15H2,1-7H3,(H,28,30)/t16-,18+,20-,21-,23+,24+/m1/s1. The number of fused-ring (bicyclic) bond motifs is 4. The van der Waals surface area contributed by atoms with Gasteiger partial charge < -0.3 is 24.4 Å². The van der Waals surface area contributed by atoms with E-state index in [2.05, 4.69) is 25.2 Å². The lowest BCUT2D eigenvalue weighted by atomic mass is 9.70. The second-order valence-corrected chi connectivity index (χ2v) is 11.6. The van der Waals surface area contributed by atoms with Crippen molar-refractivity contribution in [3.8, 4) is 5.75 Å². The summed E-state index contributed by atoms with van der Waals surface area (Å²) in [7, 11) is 0. The summed E-state index contributed by atoms with van der Waals surface area (Å²) in [6, 6.07) is 7.45. The van der Waals surface area contributed by atoms with Crippen molar-refractivity contribution < 1.29 is 23.8 Å². The molecule has 4 rings (SSSR count). The van der Waals surface area contributed by atoms with Crippen molar-refractivity contribution in [3.05, 3.63) is 29.8 Å². The zero-order valence-electron chi connectivity index (χ0n) is 21.6. The predicted octanol–water partition coefficient (Wildman–Crippen LogP) is 3.86. The van der Waals surface area contributed by atoms with E-state index in [-0.39, 0.29) is 41.5 Å². The van der Waals surface area contributed by atoms with Crippen molar-refractivity contribution in [1.29, 1.82) is 0 Å². The lowest BCUT2D eigenvalue weighted by molar-refractivity contribution is -0.190. The molecule has 6 atom stereocenters. The van der Waals surface area contributed by atoms with Gasteiger partial charge in [-0.25, -0.2) is 0 Å². The van der Waals surface area contributed by atoms with Crippen molar-refractivity contribution in [2.45, 2.75) is 96.9 Å². The van der Waals surface area contributed by atoms with E-state index in [1.165, 1.54) is 6.92 Å². The SMILES string of the molecule is CC(=O)N[C@H](C(=O)N1CC[C@H]2O[C@H]3c4ccccc4OC(C)(C)[C@@H]3C[C@H]2C1)[C@@H](C)OC(C)(C)C. The molecule has 1 aromatic rings. The summed E-state index contributed by atoms with van der Waals surface area (Å²) >= 11 is 0. The topological polar surface area (TPSA) is 77.1 Å². The van der Waals surface area contributed by atoms with Crippen LogP contribution in [0.3, 0.4) is 0 Å². The molecule has 0 spiro atoms. The van der Waals surface area contributed by atoms with Gasteiger partial charge in [0.15, 0.2) is 0 Å². The highest BCUT2D eigenvalue weighted by molar-refractivity contribution is 5.87. The first kappa shape index (κ1) is 25.0. The fourth-order valence-electron chi connectivity index (χ4n) is 5.88. The Morgan fingerprint density at radius 3 is 2.62 bits per heavy atom. The van der Waals surface area contributed by atoms with Crippen LogP contribution in [-0.4, -0.2) is 59.3 Å². The van der Waals surface area contributed by atoms with Crippen molar-refractivity contribution in [1.82, 2.24) is 10.2 Å². The molecule has 0 radical (unpaired) electrons. The zero-order chi connectivity index (χ0) is 24.8. The van der Waals surface area contributed by atoms with Gasteiger partial charge >= 0.3 is 0 Å². The molecule has 2 amide bonds. The third-order valence-corrected chi connectivity index (χ3v) is 7.34. The number of hydrogen-bond acceptors (Lipinski definition) is 5. The van der Waals surface area contributed by atoms with Gasteiger partial charge in [-0.3, -0.25) is 9.59 Å². The van der Waals surface area contributed by atoms with Gasteiger partial charge in [0.25, 0.3) is 0 Å². The van der Waals surface area contributed by atoms with E-state index in [9.17, 15) is 9.59 Å². The van der Waals surface area contributed by atoms with E-state index in [0.717, 1.165) is 24.2 Å². The average Bonchev–Trinajstić information content (AvgIpc) is 2.74. The summed E-state index contributed by atoms with van der Waals surface area (Å²) in [5.74, 6) is 1.01. The number of piperidine rings is 1. The number of ether oxygens (including phenoxy) is 3. The Morgan fingerprint density at radius 2 is 1.94 bits per heavy atom. The van der Waals surface area contributed by atoms with Crippen molar-refractivity contribution in [2.24, 2.45) is 11.8 Å². The van der Waals surface area contributed by atoms with Gasteiger partial charge in [0.05, 0.1) is 23.9 Å². The maximum Gasteiger partial charge on any atom is 0.247 e. The van der Waals surface area contributed by atoms with Crippen LogP contribution >= 0.6 is 0 Å². The summed E-state index contributed by atoms with van der Waals surface area (Å²) in [5, 5.41) is 2.83. The van der Waals surface area contributed by atoms with Gasteiger partial charge in [0.1, 0.15) is 17.4 Å². The number of hydrogen-bond donors (Lipinski definition) is 1. The van der Waals surface area contributed by atoms with Gasteiger partial charge in [0, 0.05) is 37.4 Å². The highest BCUT2D eigenvalue weighted by Crippen LogP contribution is 2.52. The van der Waals surface area contributed by atoms with Crippen LogP contribution in [0.5, 0.6) is 5.75 Å². The van der Waals surface area contributed by atoms with E-state index in [1.807, 2.05) is 50.8 Å². The largest absolute Gasteiger partial charge is 0.487 e. The normalized spacial score (nSPS) is 29.6. The number of carbonyl (C=O) groups excluding carboxylic acids is 2. The third kappa shape index (κ3) is 5.10. The van der Waals surface area contributed by atoms with E-state index < -0.39 is 17.7 Å². The number of likely N-dealkylation sites (tertiary alicyclic amines) is 1. The Labute approximate surface area is 203 Å². The first-order chi connectivity index (χ1) is 15.9. The van der Waals surface area contributed by atoms with Crippen LogP contribution < -0.4 is 10.1 Å². The number of carbonyl (C=O) groups is 2. The molecule has 188 valence electrons. The van der Waals surface area contributed by atoms with Crippen LogP contribution in [-0.2, 0) is 19.1 Å². The molecule has 0 aromatic heterocycles. The van der Waals surface area contributed by atoms with E-state index in [1.54, 1.807) is 0 Å². The molecule has 3 heterocycles. The molecule has 2 saturated heterocycles. The molecular weight excluding hydrogens is 432 g/mol. The van der Waals surface area contributed by atoms with E-state index in [4.69, 9.17) is 14.2 Å². The highest BCUT2D eigenvalue weighted by Gasteiger charge is 2.52. The summed E-state index contributed by atoms with van der Waals surface area (Å²) < 4.78 is 19.1. The molecule has 7 nitrogen and oxygen atoms in total. The molecule has 1 N–H and O–H groups in total. The lowest BCUT2D eigenvalue weighted by Gasteiger charge is -2.53. The summed E-state index contributed by atoms with van der Waals surface area (Å²) in [6.07, 6.45) is 1.39. The third-order valence-electron chi connectivity index (χ3n) is 7.34. The number of nitrogens with one attached hydrogen (secondary N) is 1. The van der Waals surface area contributed by atoms with Crippen LogP contribution in [0.4, 0.5) is 0 Å². The van der Waals surface area contributed by atoms with Crippen LogP contribution in [0.25, 0.3) is 0 Å². The minimum absolute atomic E-state index is 0.00999. The predicted molar refractivity (Wildman–Crippen MR) is 129 cm³/mol. The van der Waals surface area contributed by atoms with E-state index in [0.29, 0.717) is 13.1 Å². The summed E-state index contributed by atoms with van der Waals surface area (Å²) in [5.41, 5.74) is 0.352. The Morgan fingerprint density at radius 1 is 1.24 bits per heavy atom. The minimum atomic E-state index is -0.716. The minimum Gasteiger partial charge on any atom is -0.487 e. The van der Waals surface area contributed by atoms with Gasteiger partial charge in [0.2, 0.25) is 11.8 Å². The maximum absolute atomic E-state index is 13.6. The second-order valence-electron chi connectivity index (χ2n) is 11.6. The van der Waals surface area contributed by atoms with Crippen molar-refractivity contribution >= 4 is 11.8 Å². The second kappa shape index (κ2) is 9.15. The molecular formula is C27H40N2O5. The highest BCUT2D eigenvalue weighted by atomic mass is 16.5. The van der Waals surface area contributed by atoms with Gasteiger partial charge in [-0.05, 0) is 60.5 Å². The Balaban J connectivity index is 1.50. The van der Waals surface area contributed by atoms with Gasteiger partial charge in [-0.1, -0.05) is 18.2 Å². The monoisotopic (exact) mass is 472 g/mol. The smallest absolute Gasteiger partial charge is 0.247 e. The molecule has 2 fully saturated rings. The fraction of sp³-hybridized carbons (Fsp3) is 0.704.